The number of halogens is 2. The quantitative estimate of drug-likeness (QED) is 0.0765. The molecular weight excluding hydrogens is 637 g/mol. The fourth-order valence-corrected chi connectivity index (χ4v) is 6.62. The summed E-state index contributed by atoms with van der Waals surface area (Å²) in [4.78, 5) is 40.7. The van der Waals surface area contributed by atoms with Crippen molar-refractivity contribution in [3.8, 4) is 11.1 Å². The lowest BCUT2D eigenvalue weighted by Gasteiger charge is -2.18. The van der Waals surface area contributed by atoms with Crippen LogP contribution in [0.1, 0.15) is 38.5 Å². The third-order valence-corrected chi connectivity index (χ3v) is 8.77. The van der Waals surface area contributed by atoms with Gasteiger partial charge in [0.15, 0.2) is 6.20 Å². The molecule has 6 rings (SSSR count). The number of benzene rings is 4. The molecule has 0 N–H and O–H groups in total. The first-order valence-electron chi connectivity index (χ1n) is 14.6. The van der Waals surface area contributed by atoms with Crippen molar-refractivity contribution < 1.29 is 33.2 Å². The molecule has 0 amide bonds. The van der Waals surface area contributed by atoms with Crippen molar-refractivity contribution in [3.63, 3.8) is 0 Å². The monoisotopic (exact) mass is 664 g/mol. The smallest absolute Gasteiger partial charge is 0.404 e. The Hall–Kier alpha value is -5.24. The van der Waals surface area contributed by atoms with Crippen molar-refractivity contribution in [3.05, 3.63) is 141 Å². The summed E-state index contributed by atoms with van der Waals surface area (Å²) in [6.45, 7) is 0. The Kier molecular flexibility index (Phi) is 8.94. The van der Waals surface area contributed by atoms with Crippen LogP contribution in [-0.2, 0) is 23.8 Å². The summed E-state index contributed by atoms with van der Waals surface area (Å²) in [5.41, 5.74) is 5.38. The fraction of sp³-hybridized carbons (Fsp3) is 0.105. The van der Waals surface area contributed by atoms with Crippen LogP contribution >= 0.6 is 23.2 Å². The van der Waals surface area contributed by atoms with Crippen molar-refractivity contribution in [2.75, 3.05) is 21.3 Å². The van der Waals surface area contributed by atoms with E-state index in [4.69, 9.17) is 37.4 Å². The zero-order chi connectivity index (χ0) is 33.2. The van der Waals surface area contributed by atoms with Gasteiger partial charge in [0.05, 0.1) is 32.3 Å². The number of hydrogen-bond donors (Lipinski definition) is 0. The van der Waals surface area contributed by atoms with Crippen molar-refractivity contribution in [1.82, 2.24) is 0 Å². The molecule has 0 saturated heterocycles. The Morgan fingerprint density at radius 2 is 1.43 bits per heavy atom. The van der Waals surface area contributed by atoms with Gasteiger partial charge in [-0.1, -0.05) is 90.0 Å². The Labute approximate surface area is 281 Å². The third-order valence-electron chi connectivity index (χ3n) is 8.21. The van der Waals surface area contributed by atoms with E-state index in [1.165, 1.54) is 21.3 Å². The third kappa shape index (κ3) is 5.69. The second-order valence-electron chi connectivity index (χ2n) is 10.7. The first-order valence-corrected chi connectivity index (χ1v) is 15.3. The Morgan fingerprint density at radius 1 is 0.723 bits per heavy atom. The van der Waals surface area contributed by atoms with Gasteiger partial charge >= 0.3 is 23.6 Å². The van der Waals surface area contributed by atoms with E-state index in [-0.39, 0.29) is 11.3 Å². The molecule has 4 aromatic carbocycles. The van der Waals surface area contributed by atoms with Crippen LogP contribution in [-0.4, -0.2) is 39.2 Å². The topological polar surface area (TPSA) is 82.8 Å². The lowest BCUT2D eigenvalue weighted by Crippen LogP contribution is -2.40. The van der Waals surface area contributed by atoms with E-state index in [1.807, 2.05) is 78.9 Å². The van der Waals surface area contributed by atoms with Gasteiger partial charge in [-0.05, 0) is 52.1 Å². The Morgan fingerprint density at radius 3 is 2.17 bits per heavy atom. The minimum Gasteiger partial charge on any atom is -0.465 e. The molecule has 1 aromatic heterocycles. The highest BCUT2D eigenvalue weighted by molar-refractivity contribution is 6.35. The van der Waals surface area contributed by atoms with Crippen LogP contribution in [0.25, 0.3) is 39.9 Å². The van der Waals surface area contributed by atoms with Gasteiger partial charge in [0.25, 0.3) is 0 Å². The first-order chi connectivity index (χ1) is 22.8. The van der Waals surface area contributed by atoms with Gasteiger partial charge in [0, 0.05) is 33.7 Å². The molecule has 5 aromatic rings. The number of para-hydroxylation sites is 1. The molecule has 0 fully saturated rings. The van der Waals surface area contributed by atoms with E-state index in [9.17, 15) is 14.4 Å². The normalized spacial score (nSPS) is 13.9. The predicted octanol–water partition coefficient (Wildman–Crippen LogP) is 7.76. The lowest BCUT2D eigenvalue weighted by atomic mass is 9.87. The summed E-state index contributed by atoms with van der Waals surface area (Å²) >= 11 is 12.5. The van der Waals surface area contributed by atoms with Crippen LogP contribution in [0.5, 0.6) is 0 Å². The number of rotatable bonds is 7. The molecule has 1 unspecified atom stereocenters. The number of carbonyl (C=O) groups excluding carboxylic acids is 3. The number of ether oxygens (including phenoxy) is 3. The van der Waals surface area contributed by atoms with Crippen LogP contribution in [0.4, 0.5) is 0 Å². The van der Waals surface area contributed by atoms with Gasteiger partial charge in [-0.15, -0.1) is 0 Å². The number of carbonyl (C=O) groups is 3. The molecule has 0 radical (unpaired) electrons. The molecule has 0 saturated carbocycles. The second-order valence-corrected chi connectivity index (χ2v) is 11.5. The van der Waals surface area contributed by atoms with Gasteiger partial charge in [-0.2, -0.15) is 4.57 Å². The molecule has 47 heavy (non-hydrogen) atoms. The molecule has 0 bridgehead atoms. The average molecular weight is 666 g/mol. The number of pyridine rings is 1. The maximum absolute atomic E-state index is 13.9. The molecule has 0 aliphatic heterocycles. The van der Waals surface area contributed by atoms with Crippen molar-refractivity contribution in [2.24, 2.45) is 0 Å². The molecule has 1 aliphatic carbocycles. The summed E-state index contributed by atoms with van der Waals surface area (Å²) in [7, 11) is 3.85. The van der Waals surface area contributed by atoms with Crippen LogP contribution in [0.15, 0.2) is 103 Å². The van der Waals surface area contributed by atoms with Gasteiger partial charge in [0.2, 0.25) is 5.52 Å². The summed E-state index contributed by atoms with van der Waals surface area (Å²) in [5, 5.41) is 1.84. The van der Waals surface area contributed by atoms with Gasteiger partial charge in [0.1, 0.15) is 5.57 Å². The second kappa shape index (κ2) is 13.2. The molecule has 1 heterocycles. The van der Waals surface area contributed by atoms with E-state index in [0.29, 0.717) is 32.3 Å². The Balaban J connectivity index is 1.63. The number of hydrogen-bond acceptors (Lipinski definition) is 6. The van der Waals surface area contributed by atoms with Crippen molar-refractivity contribution >= 4 is 69.9 Å². The summed E-state index contributed by atoms with van der Waals surface area (Å²) < 4.78 is 17.4. The number of aromatic nitrogens is 1. The maximum atomic E-state index is 13.9. The predicted molar refractivity (Wildman–Crippen MR) is 182 cm³/mol. The zero-order valence-electron chi connectivity index (χ0n) is 25.6. The van der Waals surface area contributed by atoms with Crippen LogP contribution in [0, 0.1) is 0 Å². The molecule has 0 spiro atoms. The van der Waals surface area contributed by atoms with Gasteiger partial charge < -0.3 is 14.2 Å². The molecule has 234 valence electrons. The van der Waals surface area contributed by atoms with E-state index in [0.717, 1.165) is 27.6 Å². The molecular formula is C38H28Cl2NO6+. The largest absolute Gasteiger partial charge is 0.465 e. The van der Waals surface area contributed by atoms with E-state index in [1.54, 1.807) is 35.0 Å². The number of methoxy groups -OCH3 is 3. The minimum absolute atomic E-state index is 0.0250. The van der Waals surface area contributed by atoms with Crippen molar-refractivity contribution in [1.29, 1.82) is 0 Å². The van der Waals surface area contributed by atoms with Crippen LogP contribution in [0.3, 0.4) is 0 Å². The number of esters is 3. The highest BCUT2D eigenvalue weighted by atomic mass is 35.5. The summed E-state index contributed by atoms with van der Waals surface area (Å²) in [5.74, 6) is -2.76. The molecule has 7 nitrogen and oxygen atoms in total. The van der Waals surface area contributed by atoms with E-state index in [2.05, 4.69) is 0 Å². The minimum atomic E-state index is -0.773. The number of fused-ring (bicyclic) bond motifs is 4. The highest BCUT2D eigenvalue weighted by Crippen LogP contribution is 2.50. The van der Waals surface area contributed by atoms with Crippen LogP contribution in [0.2, 0.25) is 10.0 Å². The van der Waals surface area contributed by atoms with Gasteiger partial charge in [-0.25, -0.2) is 14.4 Å². The van der Waals surface area contributed by atoms with E-state index < -0.39 is 23.8 Å². The standard InChI is InChI=1S/C38H28Cl2NO6/c1-45-36(42)29-13-8-12-28-32(29)26-10-4-5-11-27(26)33(28)34(37(43)46-2)35(38(44)47-3)41-20-19-22(25-9-6-7-14-31(25)41)15-16-23-17-18-24(39)21-30(23)40/h4-21,33H,1-3H3/q+1/b16-15+,35-34-. The van der Waals surface area contributed by atoms with Gasteiger partial charge in [-0.3, -0.25) is 0 Å². The zero-order valence-corrected chi connectivity index (χ0v) is 27.1. The lowest BCUT2D eigenvalue weighted by molar-refractivity contribution is -0.550. The van der Waals surface area contributed by atoms with Crippen molar-refractivity contribution in [2.45, 2.75) is 5.92 Å². The molecule has 1 aliphatic rings. The fourth-order valence-electron chi connectivity index (χ4n) is 6.15. The Bertz CT molecular complexity index is 2150. The number of nitrogens with zero attached hydrogens (tertiary/aromatic N) is 1. The molecule has 9 heteroatoms. The van der Waals surface area contributed by atoms with Crippen LogP contribution < -0.4 is 4.57 Å². The molecule has 1 atom stereocenters. The summed E-state index contributed by atoms with van der Waals surface area (Å²) in [6.07, 6.45) is 5.52. The highest BCUT2D eigenvalue weighted by Gasteiger charge is 2.44. The van der Waals surface area contributed by atoms with E-state index >= 15 is 0 Å². The summed E-state index contributed by atoms with van der Waals surface area (Å²) in [6, 6.07) is 27.3. The maximum Gasteiger partial charge on any atom is 0.404 e. The first kappa shape index (κ1) is 31.7. The SMILES string of the molecule is COC(=O)/C(=C(/C(=O)OC)[n+]1ccc(/C=C/c2ccc(Cl)cc2Cl)c2ccccc21)C1c2ccccc2-c2c(C(=O)OC)cccc21. The average Bonchev–Trinajstić information content (AvgIpc) is 3.43.